The van der Waals surface area contributed by atoms with Crippen molar-refractivity contribution in [2.45, 2.75) is 52.6 Å². The number of nitrogens with zero attached hydrogens (tertiary/aromatic N) is 1. The molecule has 0 radical (unpaired) electrons. The van der Waals surface area contributed by atoms with Crippen LogP contribution in [0.4, 0.5) is 4.79 Å². The lowest BCUT2D eigenvalue weighted by Crippen LogP contribution is -2.48. The lowest BCUT2D eigenvalue weighted by molar-refractivity contribution is -0.147. The number of carboxylic acid groups (broad SMARTS) is 1. The van der Waals surface area contributed by atoms with Crippen LogP contribution in [-0.2, 0) is 9.53 Å². The van der Waals surface area contributed by atoms with E-state index in [2.05, 4.69) is 19.2 Å². The van der Waals surface area contributed by atoms with E-state index in [1.54, 1.807) is 11.8 Å². The van der Waals surface area contributed by atoms with Gasteiger partial charge in [-0.3, -0.25) is 4.79 Å². The van der Waals surface area contributed by atoms with Gasteiger partial charge in [0.15, 0.2) is 0 Å². The van der Waals surface area contributed by atoms with Crippen LogP contribution in [0.2, 0.25) is 0 Å². The van der Waals surface area contributed by atoms with Gasteiger partial charge in [0.2, 0.25) is 0 Å². The maximum Gasteiger partial charge on any atom is 0.317 e. The van der Waals surface area contributed by atoms with E-state index in [0.717, 1.165) is 19.4 Å². The Balaban J connectivity index is 1.84. The van der Waals surface area contributed by atoms with Gasteiger partial charge in [-0.2, -0.15) is 0 Å². The summed E-state index contributed by atoms with van der Waals surface area (Å²) in [4.78, 5) is 25.1. The van der Waals surface area contributed by atoms with Gasteiger partial charge in [-0.1, -0.05) is 13.8 Å². The van der Waals surface area contributed by atoms with Crippen molar-refractivity contribution in [1.82, 2.24) is 10.2 Å². The minimum Gasteiger partial charge on any atom is -0.481 e. The number of rotatable bonds is 4. The van der Waals surface area contributed by atoms with Crippen molar-refractivity contribution in [3.63, 3.8) is 0 Å². The molecule has 0 aromatic carbocycles. The molecule has 2 saturated heterocycles. The average molecular weight is 312 g/mol. The molecular formula is C16H28N2O4. The van der Waals surface area contributed by atoms with Gasteiger partial charge in [0.1, 0.15) is 0 Å². The van der Waals surface area contributed by atoms with Crippen LogP contribution in [-0.4, -0.2) is 54.4 Å². The minimum atomic E-state index is -0.835. The van der Waals surface area contributed by atoms with E-state index in [1.807, 2.05) is 0 Å². The number of hydrogen-bond acceptors (Lipinski definition) is 3. The van der Waals surface area contributed by atoms with Crippen LogP contribution in [0.25, 0.3) is 0 Å². The molecule has 2 heterocycles. The second-order valence-electron chi connectivity index (χ2n) is 7.54. The Morgan fingerprint density at radius 3 is 2.68 bits per heavy atom. The van der Waals surface area contributed by atoms with Crippen molar-refractivity contribution in [2.24, 2.45) is 10.8 Å². The van der Waals surface area contributed by atoms with Gasteiger partial charge < -0.3 is 20.1 Å². The van der Waals surface area contributed by atoms with Gasteiger partial charge in [0, 0.05) is 31.7 Å². The molecule has 0 aromatic heterocycles. The summed E-state index contributed by atoms with van der Waals surface area (Å²) in [6.07, 6.45) is 3.99. The van der Waals surface area contributed by atoms with E-state index < -0.39 is 11.4 Å². The molecule has 126 valence electrons. The Bertz CT molecular complexity index is 432. The highest BCUT2D eigenvalue weighted by molar-refractivity contribution is 5.79. The number of carbonyl (C=O) groups excluding carboxylic acids is 1. The second-order valence-corrected chi connectivity index (χ2v) is 7.54. The minimum absolute atomic E-state index is 0.119. The van der Waals surface area contributed by atoms with Gasteiger partial charge in [0.05, 0.1) is 11.5 Å². The molecule has 2 aliphatic heterocycles. The lowest BCUT2D eigenvalue weighted by Gasteiger charge is -2.37. The fourth-order valence-corrected chi connectivity index (χ4v) is 3.20. The summed E-state index contributed by atoms with van der Waals surface area (Å²) in [6.45, 7) is 8.01. The predicted molar refractivity (Wildman–Crippen MR) is 82.7 cm³/mol. The molecule has 2 rings (SSSR count). The van der Waals surface area contributed by atoms with Crippen LogP contribution in [0, 0.1) is 10.8 Å². The quantitative estimate of drug-likeness (QED) is 0.833. The highest BCUT2D eigenvalue weighted by atomic mass is 16.5. The number of amides is 2. The molecule has 0 bridgehead atoms. The number of ether oxygens (including phenoxy) is 1. The van der Waals surface area contributed by atoms with E-state index >= 15 is 0 Å². The molecule has 2 N–H and O–H groups in total. The molecule has 2 atom stereocenters. The Kier molecular flexibility index (Phi) is 5.00. The smallest absolute Gasteiger partial charge is 0.317 e. The number of carboxylic acids is 1. The van der Waals surface area contributed by atoms with Crippen molar-refractivity contribution in [3.8, 4) is 0 Å². The number of carbonyl (C=O) groups is 2. The first kappa shape index (κ1) is 17.1. The zero-order valence-corrected chi connectivity index (χ0v) is 13.9. The summed E-state index contributed by atoms with van der Waals surface area (Å²) in [6, 6.07) is -0.172. The lowest BCUT2D eigenvalue weighted by atomic mass is 9.82. The summed E-state index contributed by atoms with van der Waals surface area (Å²) in [7, 11) is 0. The van der Waals surface area contributed by atoms with Gasteiger partial charge >= 0.3 is 12.0 Å². The third-order valence-corrected chi connectivity index (χ3v) is 5.02. The molecule has 0 saturated carbocycles. The largest absolute Gasteiger partial charge is 0.481 e. The van der Waals surface area contributed by atoms with E-state index in [4.69, 9.17) is 4.74 Å². The topological polar surface area (TPSA) is 78.9 Å². The van der Waals surface area contributed by atoms with Gasteiger partial charge in [0.25, 0.3) is 0 Å². The SMILES string of the molecule is CC1(C(=O)O)CCN(C(=O)NCC(C)(C)C2CCCCO2)C1. The monoisotopic (exact) mass is 312 g/mol. The van der Waals surface area contributed by atoms with Crippen molar-refractivity contribution >= 4 is 12.0 Å². The van der Waals surface area contributed by atoms with Crippen molar-refractivity contribution in [3.05, 3.63) is 0 Å². The third-order valence-electron chi connectivity index (χ3n) is 5.02. The standard InChI is InChI=1S/C16H28N2O4/c1-15(2,12-6-4-5-9-22-12)10-17-14(21)18-8-7-16(3,11-18)13(19)20/h12H,4-11H2,1-3H3,(H,17,21)(H,19,20). The van der Waals surface area contributed by atoms with Crippen LogP contribution < -0.4 is 5.32 Å². The third kappa shape index (κ3) is 3.72. The fourth-order valence-electron chi connectivity index (χ4n) is 3.20. The first-order chi connectivity index (χ1) is 10.2. The van der Waals surface area contributed by atoms with Crippen molar-refractivity contribution in [2.75, 3.05) is 26.2 Å². The van der Waals surface area contributed by atoms with Gasteiger partial charge in [-0.25, -0.2) is 4.79 Å². The molecule has 22 heavy (non-hydrogen) atoms. The van der Waals surface area contributed by atoms with Crippen LogP contribution in [0.5, 0.6) is 0 Å². The zero-order valence-electron chi connectivity index (χ0n) is 13.9. The molecule has 2 fully saturated rings. The number of aliphatic carboxylic acids is 1. The van der Waals surface area contributed by atoms with E-state index in [1.165, 1.54) is 6.42 Å². The van der Waals surface area contributed by atoms with Crippen molar-refractivity contribution < 1.29 is 19.4 Å². The fraction of sp³-hybridized carbons (Fsp3) is 0.875. The number of hydrogen-bond donors (Lipinski definition) is 2. The molecule has 2 aliphatic rings. The highest BCUT2D eigenvalue weighted by Crippen LogP contribution is 2.31. The summed E-state index contributed by atoms with van der Waals surface area (Å²) in [5.74, 6) is -0.835. The number of urea groups is 1. The summed E-state index contributed by atoms with van der Waals surface area (Å²) in [5, 5.41) is 12.2. The predicted octanol–water partition coefficient (Wildman–Crippen LogP) is 2.09. The Hall–Kier alpha value is -1.30. The summed E-state index contributed by atoms with van der Waals surface area (Å²) >= 11 is 0. The Morgan fingerprint density at radius 1 is 1.41 bits per heavy atom. The Morgan fingerprint density at radius 2 is 2.14 bits per heavy atom. The second kappa shape index (κ2) is 6.44. The maximum atomic E-state index is 12.3. The molecular weight excluding hydrogens is 284 g/mol. The summed E-state index contributed by atoms with van der Waals surface area (Å²) in [5.41, 5.74) is -0.939. The Labute approximate surface area is 132 Å². The first-order valence-electron chi connectivity index (χ1n) is 8.12. The van der Waals surface area contributed by atoms with Gasteiger partial charge in [-0.15, -0.1) is 0 Å². The maximum absolute atomic E-state index is 12.3. The molecule has 2 unspecified atom stereocenters. The first-order valence-corrected chi connectivity index (χ1v) is 8.12. The average Bonchev–Trinajstić information content (AvgIpc) is 2.90. The van der Waals surface area contributed by atoms with Crippen LogP contribution in [0.15, 0.2) is 0 Å². The van der Waals surface area contributed by atoms with E-state index in [9.17, 15) is 14.7 Å². The summed E-state index contributed by atoms with van der Waals surface area (Å²) < 4.78 is 5.82. The normalized spacial score (nSPS) is 29.4. The molecule has 6 nitrogen and oxygen atoms in total. The molecule has 6 heteroatoms. The van der Waals surface area contributed by atoms with Crippen LogP contribution in [0.1, 0.15) is 46.5 Å². The number of nitrogens with one attached hydrogen (secondary N) is 1. The molecule has 0 aromatic rings. The van der Waals surface area contributed by atoms with E-state index in [-0.39, 0.29) is 24.1 Å². The molecule has 2 amide bonds. The number of likely N-dealkylation sites (tertiary alicyclic amines) is 1. The molecule has 0 spiro atoms. The highest BCUT2D eigenvalue weighted by Gasteiger charge is 2.42. The van der Waals surface area contributed by atoms with Crippen LogP contribution in [0.3, 0.4) is 0 Å². The van der Waals surface area contributed by atoms with Gasteiger partial charge in [-0.05, 0) is 32.6 Å². The molecule has 0 aliphatic carbocycles. The van der Waals surface area contributed by atoms with Crippen molar-refractivity contribution in [1.29, 1.82) is 0 Å². The van der Waals surface area contributed by atoms with Crippen LogP contribution >= 0.6 is 0 Å². The van der Waals surface area contributed by atoms with E-state index in [0.29, 0.717) is 19.5 Å². The zero-order chi connectivity index (χ0) is 16.4.